The molecule has 0 saturated carbocycles. The Balaban J connectivity index is 1.96. The molecule has 1 atom stereocenters. The molecule has 0 radical (unpaired) electrons. The Bertz CT molecular complexity index is 697. The molecule has 0 fully saturated rings. The van der Waals surface area contributed by atoms with Gasteiger partial charge in [0.15, 0.2) is 5.11 Å². The van der Waals surface area contributed by atoms with Crippen LogP contribution in [0.1, 0.15) is 29.7 Å². The largest absolute Gasteiger partial charge is 0.376 e. The molecule has 0 aliphatic heterocycles. The maximum absolute atomic E-state index is 5.54. The van der Waals surface area contributed by atoms with Crippen LogP contribution in [0.25, 0.3) is 11.1 Å². The Morgan fingerprint density at radius 2 is 1.85 bits per heavy atom. The van der Waals surface area contributed by atoms with Crippen molar-refractivity contribution in [2.45, 2.75) is 19.4 Å². The van der Waals surface area contributed by atoms with Crippen molar-refractivity contribution in [3.05, 3.63) is 57.6 Å². The number of thiocarbonyl (C=S) groups is 1. The molecule has 3 N–H and O–H groups in total. The molecule has 2 aromatic rings. The van der Waals surface area contributed by atoms with E-state index in [-0.39, 0.29) is 6.04 Å². The van der Waals surface area contributed by atoms with E-state index in [2.05, 4.69) is 64.6 Å². The van der Waals surface area contributed by atoms with Gasteiger partial charge in [-0.15, -0.1) is 0 Å². The van der Waals surface area contributed by atoms with E-state index in [4.69, 9.17) is 18.0 Å². The molecule has 1 unspecified atom stereocenters. The van der Waals surface area contributed by atoms with Crippen LogP contribution in [0, 0.1) is 0 Å². The van der Waals surface area contributed by atoms with Crippen LogP contribution >= 0.6 is 28.1 Å². The van der Waals surface area contributed by atoms with Crippen molar-refractivity contribution < 1.29 is 0 Å². The Hall–Kier alpha value is -1.39. The minimum absolute atomic E-state index is 0.133. The highest BCUT2D eigenvalue weighted by atomic mass is 79.9. The molecule has 0 spiro atoms. The fraction of sp³-hybridized carbons (Fsp3) is 0.188. The summed E-state index contributed by atoms with van der Waals surface area (Å²) in [5.74, 6) is 0. The van der Waals surface area contributed by atoms with Gasteiger partial charge >= 0.3 is 0 Å². The van der Waals surface area contributed by atoms with Gasteiger partial charge in [0, 0.05) is 4.47 Å². The lowest BCUT2D eigenvalue weighted by molar-refractivity contribution is 0.719. The second-order valence-corrected chi connectivity index (χ2v) is 6.48. The quantitative estimate of drug-likeness (QED) is 0.690. The van der Waals surface area contributed by atoms with Gasteiger partial charge in [-0.05, 0) is 65.5 Å². The van der Waals surface area contributed by atoms with E-state index in [0.717, 1.165) is 10.9 Å². The van der Waals surface area contributed by atoms with Gasteiger partial charge in [0.05, 0.1) is 6.04 Å². The van der Waals surface area contributed by atoms with Crippen LogP contribution in [-0.2, 0) is 6.42 Å². The normalized spacial score (nSPS) is 13.5. The smallest absolute Gasteiger partial charge is 0.164 e. The number of hydrogen-bond donors (Lipinski definition) is 2. The summed E-state index contributed by atoms with van der Waals surface area (Å²) in [5.41, 5.74) is 12.2. The SMILES string of the molecule is CC(NC(N)=S)c1ccc2c(c1)Cc1cc(Br)ccc1-2. The molecule has 3 rings (SSSR count). The molecule has 0 bridgehead atoms. The molecule has 1 aliphatic rings. The predicted molar refractivity (Wildman–Crippen MR) is 90.7 cm³/mol. The Labute approximate surface area is 132 Å². The summed E-state index contributed by atoms with van der Waals surface area (Å²) in [7, 11) is 0. The predicted octanol–water partition coefficient (Wildman–Crippen LogP) is 3.91. The van der Waals surface area contributed by atoms with Crippen LogP contribution < -0.4 is 11.1 Å². The maximum Gasteiger partial charge on any atom is 0.164 e. The molecule has 2 aromatic carbocycles. The maximum atomic E-state index is 5.54. The van der Waals surface area contributed by atoms with Crippen LogP contribution in [-0.4, -0.2) is 5.11 Å². The summed E-state index contributed by atoms with van der Waals surface area (Å²) in [6, 6.07) is 13.2. The third-order valence-corrected chi connectivity index (χ3v) is 4.34. The summed E-state index contributed by atoms with van der Waals surface area (Å²) in [5, 5.41) is 3.42. The van der Waals surface area contributed by atoms with Gasteiger partial charge in [0.1, 0.15) is 0 Å². The monoisotopic (exact) mass is 346 g/mol. The first kappa shape index (κ1) is 13.6. The lowest BCUT2D eigenvalue weighted by Crippen LogP contribution is -2.31. The zero-order valence-electron chi connectivity index (χ0n) is 11.1. The van der Waals surface area contributed by atoms with Crippen LogP contribution in [0.2, 0.25) is 0 Å². The minimum Gasteiger partial charge on any atom is -0.376 e. The summed E-state index contributed by atoms with van der Waals surface area (Å²) in [6.45, 7) is 2.07. The first-order valence-corrected chi connectivity index (χ1v) is 7.72. The molecular formula is C16H15BrN2S. The minimum atomic E-state index is 0.133. The average molecular weight is 347 g/mol. The standard InChI is InChI=1S/C16H15BrN2S/c1-9(19-16(18)20)10-2-4-14-11(6-10)7-12-8-13(17)3-5-15(12)14/h2-6,8-9H,7H2,1H3,(H3,18,19,20). The molecule has 0 heterocycles. The van der Waals surface area contributed by atoms with Gasteiger partial charge in [-0.2, -0.15) is 0 Å². The fourth-order valence-corrected chi connectivity index (χ4v) is 3.35. The van der Waals surface area contributed by atoms with Crippen molar-refractivity contribution in [3.8, 4) is 11.1 Å². The number of fused-ring (bicyclic) bond motifs is 3. The van der Waals surface area contributed by atoms with E-state index in [1.54, 1.807) is 0 Å². The number of rotatable bonds is 2. The first-order chi connectivity index (χ1) is 9.54. The lowest BCUT2D eigenvalue weighted by atomic mass is 10.0. The van der Waals surface area contributed by atoms with Crippen molar-refractivity contribution in [2.75, 3.05) is 0 Å². The van der Waals surface area contributed by atoms with Gasteiger partial charge in [-0.1, -0.05) is 40.2 Å². The number of benzene rings is 2. The highest BCUT2D eigenvalue weighted by Crippen LogP contribution is 2.38. The van der Waals surface area contributed by atoms with Crippen LogP contribution in [0.4, 0.5) is 0 Å². The molecule has 1 aliphatic carbocycles. The van der Waals surface area contributed by atoms with Crippen molar-refractivity contribution in [1.82, 2.24) is 5.32 Å². The van der Waals surface area contributed by atoms with Crippen LogP contribution in [0.3, 0.4) is 0 Å². The van der Waals surface area contributed by atoms with Gasteiger partial charge in [-0.25, -0.2) is 0 Å². The van der Waals surface area contributed by atoms with Crippen LogP contribution in [0.5, 0.6) is 0 Å². The zero-order chi connectivity index (χ0) is 14.3. The van der Waals surface area contributed by atoms with E-state index in [9.17, 15) is 0 Å². The Kier molecular flexibility index (Phi) is 3.52. The van der Waals surface area contributed by atoms with E-state index >= 15 is 0 Å². The topological polar surface area (TPSA) is 38.0 Å². The van der Waals surface area contributed by atoms with Crippen molar-refractivity contribution in [3.63, 3.8) is 0 Å². The van der Waals surface area contributed by atoms with E-state index in [0.29, 0.717) is 5.11 Å². The van der Waals surface area contributed by atoms with E-state index in [1.165, 1.54) is 27.8 Å². The average Bonchev–Trinajstić information content (AvgIpc) is 2.73. The van der Waals surface area contributed by atoms with Gasteiger partial charge in [0.2, 0.25) is 0 Å². The van der Waals surface area contributed by atoms with Crippen LogP contribution in [0.15, 0.2) is 40.9 Å². The Morgan fingerprint density at radius 3 is 2.55 bits per heavy atom. The zero-order valence-corrected chi connectivity index (χ0v) is 13.5. The van der Waals surface area contributed by atoms with Gasteiger partial charge in [-0.3, -0.25) is 0 Å². The summed E-state index contributed by atoms with van der Waals surface area (Å²) >= 11 is 8.44. The molecule has 0 amide bonds. The van der Waals surface area contributed by atoms with Gasteiger partial charge < -0.3 is 11.1 Å². The third kappa shape index (κ3) is 2.45. The molecule has 0 aromatic heterocycles. The van der Waals surface area contributed by atoms with E-state index in [1.807, 2.05) is 0 Å². The number of nitrogens with one attached hydrogen (secondary N) is 1. The van der Waals surface area contributed by atoms with Crippen molar-refractivity contribution in [1.29, 1.82) is 0 Å². The summed E-state index contributed by atoms with van der Waals surface area (Å²) < 4.78 is 1.13. The summed E-state index contributed by atoms with van der Waals surface area (Å²) in [6.07, 6.45) is 0.984. The molecule has 102 valence electrons. The third-order valence-electron chi connectivity index (χ3n) is 3.73. The number of halogens is 1. The Morgan fingerprint density at radius 1 is 1.20 bits per heavy atom. The van der Waals surface area contributed by atoms with Crippen molar-refractivity contribution in [2.24, 2.45) is 5.73 Å². The lowest BCUT2D eigenvalue weighted by Gasteiger charge is -2.15. The second-order valence-electron chi connectivity index (χ2n) is 5.13. The molecule has 20 heavy (non-hydrogen) atoms. The fourth-order valence-electron chi connectivity index (χ4n) is 2.77. The van der Waals surface area contributed by atoms with E-state index < -0.39 is 0 Å². The molecule has 4 heteroatoms. The second kappa shape index (κ2) is 5.19. The highest BCUT2D eigenvalue weighted by molar-refractivity contribution is 9.10. The number of hydrogen-bond acceptors (Lipinski definition) is 1. The molecule has 0 saturated heterocycles. The summed E-state index contributed by atoms with van der Waals surface area (Å²) in [4.78, 5) is 0. The van der Waals surface area contributed by atoms with Crippen molar-refractivity contribution >= 4 is 33.3 Å². The highest BCUT2D eigenvalue weighted by Gasteiger charge is 2.19. The molecular weight excluding hydrogens is 332 g/mol. The molecule has 2 nitrogen and oxygen atoms in total. The van der Waals surface area contributed by atoms with Gasteiger partial charge in [0.25, 0.3) is 0 Å². The number of nitrogens with two attached hydrogens (primary N) is 1. The first-order valence-electron chi connectivity index (χ1n) is 6.52.